The second kappa shape index (κ2) is 41.0. The zero-order valence-corrected chi connectivity index (χ0v) is 66.4. The average molecular weight is 1780 g/mol. The number of nitrogens with zero attached hydrogens (tertiary/aromatic N) is 4. The van der Waals surface area contributed by atoms with Crippen LogP contribution < -0.4 is 9.62 Å². The van der Waals surface area contributed by atoms with E-state index in [0.29, 0.717) is 26.3 Å². The molecule has 7 rings (SSSR count). The Balaban J connectivity index is 0.00000126. The summed E-state index contributed by atoms with van der Waals surface area (Å²) in [6, 6.07) is 38.3. The normalized spacial score (nSPS) is 14.0. The molecular weight excluding hydrogens is 1710 g/mol. The number of alkyl halides is 15. The Morgan fingerprint density at radius 2 is 0.704 bits per heavy atom. The molecule has 0 bridgehead atoms. The number of halogens is 18. The SMILES string of the molecule is CC(=O)c1ccc([N+](=O)[O-])cc1.CC(C)N(c1ccc(C(C)(O)C(F)(F)F)cc1)S(=O)(=O)c1ccccc1.CC(C)Nc1ccc(C(C)(O)C(F)(F)F)cc1.CC(O)(c1ccc([N+](=O)[O-])cc1)C(F)(F)F.CC(O)(c1ccc([N+](=O)[O-])cc1)C(F)(F)F.C[Si](C)(C)C(F)(F)F.O=S(=O)(Cl)c1ccccc1.[Cl][Sn][Cl]. The maximum absolute atomic E-state index is 13.0. The second-order valence-electron chi connectivity index (χ2n) is 24.4. The molecule has 5 N–H and O–H groups in total. The van der Waals surface area contributed by atoms with Crippen LogP contribution in [0, 0.1) is 30.3 Å². The fourth-order valence-corrected chi connectivity index (χ4v) is 9.92. The van der Waals surface area contributed by atoms with Crippen LogP contribution in [0.5, 0.6) is 0 Å². The summed E-state index contributed by atoms with van der Waals surface area (Å²) in [7, 11) is 4.63. The predicted molar refractivity (Wildman–Crippen MR) is 381 cm³/mol. The summed E-state index contributed by atoms with van der Waals surface area (Å²) in [5, 5.41) is 71.5. The zero-order valence-electron chi connectivity index (χ0n) is 58.7. The number of hydrogen-bond donors (Lipinski definition) is 5. The van der Waals surface area contributed by atoms with Crippen molar-refractivity contribution in [3.63, 3.8) is 0 Å². The third-order valence-electron chi connectivity index (χ3n) is 14.2. The fraction of sp³-hybridized carbons (Fsp3) is 0.348. The molecule has 4 unspecified atom stereocenters. The Bertz CT molecular complexity index is 4090. The number of non-ortho nitro benzene ring substituents is 3. The van der Waals surface area contributed by atoms with Gasteiger partial charge in [0.2, 0.25) is 0 Å². The summed E-state index contributed by atoms with van der Waals surface area (Å²) in [5.41, 5.74) is -12.5. The van der Waals surface area contributed by atoms with Crippen molar-refractivity contribution in [3.8, 4) is 0 Å². The molecule has 0 aromatic heterocycles. The number of rotatable bonds is 15. The first-order chi connectivity index (χ1) is 48.7. The number of nitro benzene ring substituents is 3. The number of benzene rings is 7. The summed E-state index contributed by atoms with van der Waals surface area (Å²) in [5.74, 6) is -4.02. The standard InChI is InChI=1S/C18H20F3NO3S.C12H16F3NO.2C9H8F3NO3.C8H7NO3.C6H5ClO2S.C4H9F3Si.2ClH.Sn/c1-13(2)22(26(24,25)16-7-5-4-6-8-16)15-11-9-14(10-12-15)17(3,23)18(19,20)21;1-8(2)16-10-6-4-9(5-7-10)11(3,17)12(13,14)15;2*1-8(14,9(10,11)12)6-2-4-7(5-3-6)13(15)16;1-6(10)7-2-4-8(5-3-7)9(11)12;7-10(8,9)6-4-2-1-3-5-6;1-8(2,3)4(5,6)7;;;/h4-13,23H,1-3H3;4-8,16-17H,1-3H3;2*2-5,14H,1H3;2-5H,1H3;1-5H;1-3H3;2*1H;/q;;;;;;;;;+2/p-2. The molecule has 0 spiro atoms. The van der Waals surface area contributed by atoms with Gasteiger partial charge in [-0.05, 0) is 169 Å². The van der Waals surface area contributed by atoms with Crippen molar-refractivity contribution < 1.29 is 123 Å². The van der Waals surface area contributed by atoms with Crippen LogP contribution in [0.25, 0.3) is 0 Å². The number of carbonyl (C=O) groups is 1. The number of anilines is 2. The van der Waals surface area contributed by atoms with Gasteiger partial charge in [-0.2, -0.15) is 65.9 Å². The molecule has 598 valence electrons. The van der Waals surface area contributed by atoms with Gasteiger partial charge in [0.1, 0.15) is 0 Å². The fourth-order valence-electron chi connectivity index (χ4n) is 7.45. The minimum absolute atomic E-state index is 0.000000000000000222. The number of carbonyl (C=O) groups excluding carboxylic acids is 1. The average Bonchev–Trinajstić information content (AvgIpc) is 0.793. The quantitative estimate of drug-likeness (QED) is 0.0159. The summed E-state index contributed by atoms with van der Waals surface area (Å²) < 4.78 is 234. The summed E-state index contributed by atoms with van der Waals surface area (Å²) >= 11 is -0.826. The minimum atomic E-state index is -4.84. The van der Waals surface area contributed by atoms with Gasteiger partial charge < -0.3 is 25.7 Å². The van der Waals surface area contributed by atoms with Crippen molar-refractivity contribution in [2.24, 2.45) is 0 Å². The van der Waals surface area contributed by atoms with Gasteiger partial charge in [-0.25, -0.2) is 16.8 Å². The number of nitro groups is 3. The van der Waals surface area contributed by atoms with Gasteiger partial charge >= 0.3 is 67.2 Å². The number of hydrogen-bond acceptors (Lipinski definition) is 16. The molecule has 0 aliphatic rings. The second-order valence-corrected chi connectivity index (χ2v) is 38.1. The van der Waals surface area contributed by atoms with E-state index in [1.54, 1.807) is 50.2 Å². The predicted octanol–water partition coefficient (Wildman–Crippen LogP) is 18.9. The number of ketones is 1. The van der Waals surface area contributed by atoms with Crippen molar-refractivity contribution >= 4 is 109 Å². The van der Waals surface area contributed by atoms with Crippen molar-refractivity contribution in [1.29, 1.82) is 0 Å². The van der Waals surface area contributed by atoms with Gasteiger partial charge in [0, 0.05) is 70.4 Å². The molecule has 0 heterocycles. The third-order valence-corrected chi connectivity index (χ3v) is 19.3. The summed E-state index contributed by atoms with van der Waals surface area (Å²) in [6.07, 6.45) is -19.2. The maximum atomic E-state index is 13.0. The van der Waals surface area contributed by atoms with Gasteiger partial charge in [-0.15, -0.1) is 0 Å². The Labute approximate surface area is 634 Å². The van der Waals surface area contributed by atoms with E-state index in [1.165, 1.54) is 111 Å². The van der Waals surface area contributed by atoms with Gasteiger partial charge in [-0.1, -0.05) is 80.3 Å². The summed E-state index contributed by atoms with van der Waals surface area (Å²) in [6.45, 7) is 15.1. The first-order valence-electron chi connectivity index (χ1n) is 30.2. The van der Waals surface area contributed by atoms with Crippen LogP contribution in [0.3, 0.4) is 0 Å². The number of sulfonamides is 1. The van der Waals surface area contributed by atoms with Crippen LogP contribution in [0.15, 0.2) is 192 Å². The van der Waals surface area contributed by atoms with E-state index < -0.39 is 131 Å². The third kappa shape index (κ3) is 31.2. The molecule has 7 aromatic rings. The summed E-state index contributed by atoms with van der Waals surface area (Å²) in [4.78, 5) is 39.8. The van der Waals surface area contributed by atoms with Crippen molar-refractivity contribution in [2.45, 2.75) is 157 Å². The van der Waals surface area contributed by atoms with Crippen LogP contribution in [0.4, 0.5) is 94.3 Å². The Morgan fingerprint density at radius 1 is 0.463 bits per heavy atom. The van der Waals surface area contributed by atoms with E-state index in [1.807, 2.05) is 13.8 Å². The van der Waals surface area contributed by atoms with Gasteiger partial charge in [0.25, 0.3) is 36.1 Å². The van der Waals surface area contributed by atoms with Crippen LogP contribution in [-0.2, 0) is 41.5 Å². The molecule has 0 aliphatic heterocycles. The number of Topliss-reactive ketones (excluding diaryl/α,β-unsaturated/α-hetero) is 1. The molecule has 0 saturated carbocycles. The molecule has 0 amide bonds. The molecule has 20 nitrogen and oxygen atoms in total. The molecule has 0 fully saturated rings. The molecule has 7 aromatic carbocycles. The van der Waals surface area contributed by atoms with Crippen LogP contribution in [0.2, 0.25) is 19.6 Å². The van der Waals surface area contributed by atoms with Crippen LogP contribution in [0.1, 0.15) is 94.9 Å². The molecule has 0 aliphatic carbocycles. The monoisotopic (exact) mass is 1780 g/mol. The van der Waals surface area contributed by atoms with Crippen LogP contribution >= 0.6 is 28.5 Å². The van der Waals surface area contributed by atoms with Crippen molar-refractivity contribution in [2.75, 3.05) is 9.62 Å². The van der Waals surface area contributed by atoms with Gasteiger partial charge in [0.05, 0.1) is 30.2 Å². The van der Waals surface area contributed by atoms with E-state index in [-0.39, 0.29) is 55.5 Å². The topological polar surface area (TPSA) is 311 Å². The van der Waals surface area contributed by atoms with E-state index in [2.05, 4.69) is 5.32 Å². The first kappa shape index (κ1) is 101. The number of nitrogens with one attached hydrogen (secondary N) is 1. The van der Waals surface area contributed by atoms with Crippen LogP contribution in [-0.4, -0.2) is 127 Å². The molecule has 2 radical (unpaired) electrons. The molecule has 108 heavy (non-hydrogen) atoms. The van der Waals surface area contributed by atoms with E-state index in [0.717, 1.165) is 77.6 Å². The van der Waals surface area contributed by atoms with Gasteiger partial charge in [0.15, 0.2) is 36.3 Å². The van der Waals surface area contributed by atoms with Crippen molar-refractivity contribution in [3.05, 3.63) is 240 Å². The zero-order chi connectivity index (χ0) is 84.6. The molecule has 0 saturated heterocycles. The number of aliphatic hydroxyl groups is 4. The first-order valence-corrected chi connectivity index (χ1v) is 44.7. The van der Waals surface area contributed by atoms with E-state index >= 15 is 0 Å². The Kier molecular flexibility index (Phi) is 38.2. The molecule has 4 atom stereocenters. The van der Waals surface area contributed by atoms with Crippen molar-refractivity contribution in [1.82, 2.24) is 0 Å². The Morgan fingerprint density at radius 3 is 0.907 bits per heavy atom. The Hall–Kier alpha value is -7.41. The molecule has 42 heteroatoms. The van der Waals surface area contributed by atoms with E-state index in [4.69, 9.17) is 28.5 Å². The molecular formula is C66H73Cl3F15N5O15S2SiSn. The van der Waals surface area contributed by atoms with E-state index in [9.17, 15) is 138 Å². The van der Waals surface area contributed by atoms with Gasteiger partial charge in [-0.3, -0.25) is 39.4 Å².